The Morgan fingerprint density at radius 2 is 1.83 bits per heavy atom. The van der Waals surface area contributed by atoms with E-state index in [9.17, 15) is 14.4 Å². The van der Waals surface area contributed by atoms with Crippen molar-refractivity contribution < 1.29 is 19.1 Å². The molecule has 2 aromatic carbocycles. The zero-order chi connectivity index (χ0) is 21.0. The predicted molar refractivity (Wildman–Crippen MR) is 114 cm³/mol. The highest BCUT2D eigenvalue weighted by Gasteiger charge is 2.18. The van der Waals surface area contributed by atoms with Crippen molar-refractivity contribution in [2.75, 3.05) is 5.32 Å². The highest BCUT2D eigenvalue weighted by molar-refractivity contribution is 7.21. The van der Waals surface area contributed by atoms with E-state index in [0.29, 0.717) is 5.69 Å². The lowest BCUT2D eigenvalue weighted by molar-refractivity contribution is -0.153. The van der Waals surface area contributed by atoms with E-state index < -0.39 is 18.0 Å². The number of benzene rings is 2. The summed E-state index contributed by atoms with van der Waals surface area (Å²) in [4.78, 5) is 39.4. The van der Waals surface area contributed by atoms with Gasteiger partial charge in [-0.15, -0.1) is 11.3 Å². The average Bonchev–Trinajstić information content (AvgIpc) is 3.10. The van der Waals surface area contributed by atoms with Gasteiger partial charge in [0.15, 0.2) is 6.10 Å². The second-order valence-corrected chi connectivity index (χ2v) is 7.92. The van der Waals surface area contributed by atoms with Crippen molar-refractivity contribution in [3.63, 3.8) is 0 Å². The molecule has 0 aliphatic carbocycles. The number of aryl methyl sites for hydroxylation is 1. The van der Waals surface area contributed by atoms with Gasteiger partial charge >= 0.3 is 5.97 Å². The first-order valence-electron chi connectivity index (χ1n) is 9.29. The molecule has 0 aliphatic heterocycles. The van der Waals surface area contributed by atoms with Crippen LogP contribution in [0, 0.1) is 6.92 Å². The maximum Gasteiger partial charge on any atom is 0.307 e. The number of carbonyl (C=O) groups excluding carboxylic acids is 3. The topological polar surface area (TPSA) is 85.4 Å². The zero-order valence-electron chi connectivity index (χ0n) is 16.5. The van der Waals surface area contributed by atoms with E-state index in [1.165, 1.54) is 19.4 Å². The van der Waals surface area contributed by atoms with Gasteiger partial charge in [0.1, 0.15) is 10.8 Å². The molecule has 0 spiro atoms. The molecule has 1 atom stereocenters. The lowest BCUT2D eigenvalue weighted by Gasteiger charge is -2.13. The van der Waals surface area contributed by atoms with Crippen LogP contribution in [0.4, 0.5) is 5.69 Å². The van der Waals surface area contributed by atoms with Gasteiger partial charge < -0.3 is 14.8 Å². The van der Waals surface area contributed by atoms with Crippen LogP contribution in [-0.4, -0.2) is 28.7 Å². The highest BCUT2D eigenvalue weighted by atomic mass is 32.1. The molecule has 0 bridgehead atoms. The van der Waals surface area contributed by atoms with Gasteiger partial charge in [0.05, 0.1) is 16.6 Å². The van der Waals surface area contributed by atoms with Crippen LogP contribution in [0.1, 0.15) is 32.3 Å². The standard InChI is InChI=1S/C22H22N2O4S/c1-13-4-10-18-19(12-13)29-22(24-18)16-6-8-17(9-7-16)23-21(27)15(3)28-20(26)11-5-14(2)25/h4,6-10,12,15H,5,11H2,1-3H3,(H,23,27)/t15-/m1/s1. The van der Waals surface area contributed by atoms with Gasteiger partial charge in [0.25, 0.3) is 5.91 Å². The van der Waals surface area contributed by atoms with Crippen molar-refractivity contribution in [3.05, 3.63) is 48.0 Å². The van der Waals surface area contributed by atoms with Crippen molar-refractivity contribution in [1.29, 1.82) is 0 Å². The van der Waals surface area contributed by atoms with Gasteiger partial charge in [-0.3, -0.25) is 9.59 Å². The van der Waals surface area contributed by atoms with E-state index in [1.807, 2.05) is 24.3 Å². The van der Waals surface area contributed by atoms with Crippen molar-refractivity contribution in [2.24, 2.45) is 0 Å². The van der Waals surface area contributed by atoms with Crippen molar-refractivity contribution in [2.45, 2.75) is 39.7 Å². The Labute approximate surface area is 172 Å². The minimum absolute atomic E-state index is 0.0245. The van der Waals surface area contributed by atoms with Crippen LogP contribution in [0.5, 0.6) is 0 Å². The van der Waals surface area contributed by atoms with E-state index >= 15 is 0 Å². The molecule has 1 heterocycles. The predicted octanol–water partition coefficient (Wildman–Crippen LogP) is 4.51. The number of ketones is 1. The molecule has 150 valence electrons. The number of carbonyl (C=O) groups is 3. The number of ether oxygens (including phenoxy) is 1. The van der Waals surface area contributed by atoms with Gasteiger partial charge in [0.2, 0.25) is 0 Å². The molecule has 7 heteroatoms. The first kappa shape index (κ1) is 20.7. The van der Waals surface area contributed by atoms with Crippen LogP contribution in [0.3, 0.4) is 0 Å². The summed E-state index contributed by atoms with van der Waals surface area (Å²) in [6, 6.07) is 13.5. The molecular formula is C22H22N2O4S. The first-order valence-corrected chi connectivity index (χ1v) is 10.1. The summed E-state index contributed by atoms with van der Waals surface area (Å²) >= 11 is 1.62. The Kier molecular flexibility index (Phi) is 6.39. The number of thiazole rings is 1. The van der Waals surface area contributed by atoms with Crippen LogP contribution in [0.25, 0.3) is 20.8 Å². The lowest BCUT2D eigenvalue weighted by atomic mass is 10.2. The summed E-state index contributed by atoms with van der Waals surface area (Å²) in [5.74, 6) is -1.09. The molecule has 0 saturated carbocycles. The number of esters is 1. The Bertz CT molecular complexity index is 1060. The first-order chi connectivity index (χ1) is 13.8. The second-order valence-electron chi connectivity index (χ2n) is 6.89. The van der Waals surface area contributed by atoms with Crippen LogP contribution in [0.2, 0.25) is 0 Å². The molecule has 1 amide bonds. The van der Waals surface area contributed by atoms with E-state index in [0.717, 1.165) is 20.8 Å². The van der Waals surface area contributed by atoms with Crippen LogP contribution in [0.15, 0.2) is 42.5 Å². The van der Waals surface area contributed by atoms with E-state index in [2.05, 4.69) is 23.3 Å². The normalized spacial score (nSPS) is 11.8. The molecule has 0 unspecified atom stereocenters. The van der Waals surface area contributed by atoms with Gasteiger partial charge in [0, 0.05) is 17.7 Å². The highest BCUT2D eigenvalue weighted by Crippen LogP contribution is 2.31. The summed E-state index contributed by atoms with van der Waals surface area (Å²) in [5.41, 5.74) is 3.73. The van der Waals surface area contributed by atoms with Crippen LogP contribution < -0.4 is 5.32 Å². The molecule has 0 radical (unpaired) electrons. The molecule has 0 saturated heterocycles. The number of amides is 1. The fourth-order valence-electron chi connectivity index (χ4n) is 2.68. The average molecular weight is 410 g/mol. The number of hydrogen-bond donors (Lipinski definition) is 1. The fourth-order valence-corrected chi connectivity index (χ4v) is 3.75. The number of nitrogens with zero attached hydrogens (tertiary/aromatic N) is 1. The third-order valence-electron chi connectivity index (χ3n) is 4.30. The maximum absolute atomic E-state index is 12.2. The number of Topliss-reactive ketones (excluding diaryl/α,β-unsaturated/α-hetero) is 1. The number of hydrogen-bond acceptors (Lipinski definition) is 6. The molecule has 0 fully saturated rings. The molecule has 1 N–H and O–H groups in total. The second kappa shape index (κ2) is 8.96. The molecule has 29 heavy (non-hydrogen) atoms. The molecule has 1 aromatic heterocycles. The van der Waals surface area contributed by atoms with Crippen LogP contribution >= 0.6 is 11.3 Å². The fraction of sp³-hybridized carbons (Fsp3) is 0.273. The number of aromatic nitrogens is 1. The van der Waals surface area contributed by atoms with Crippen molar-refractivity contribution in [1.82, 2.24) is 4.98 Å². The Morgan fingerprint density at radius 1 is 1.10 bits per heavy atom. The Morgan fingerprint density at radius 3 is 2.52 bits per heavy atom. The Balaban J connectivity index is 1.61. The molecule has 3 aromatic rings. The number of rotatable bonds is 7. The lowest BCUT2D eigenvalue weighted by Crippen LogP contribution is -2.30. The van der Waals surface area contributed by atoms with Crippen molar-refractivity contribution in [3.8, 4) is 10.6 Å². The smallest absolute Gasteiger partial charge is 0.307 e. The van der Waals surface area contributed by atoms with E-state index in [1.54, 1.807) is 23.5 Å². The Hall–Kier alpha value is -3.06. The maximum atomic E-state index is 12.2. The molecule has 0 aliphatic rings. The van der Waals surface area contributed by atoms with Crippen LogP contribution in [-0.2, 0) is 19.1 Å². The summed E-state index contributed by atoms with van der Waals surface area (Å²) in [6.45, 7) is 4.96. The zero-order valence-corrected chi connectivity index (χ0v) is 17.3. The van der Waals surface area contributed by atoms with E-state index in [-0.39, 0.29) is 18.6 Å². The monoisotopic (exact) mass is 410 g/mol. The quantitative estimate of drug-likeness (QED) is 0.579. The summed E-state index contributed by atoms with van der Waals surface area (Å²) in [5, 5.41) is 3.64. The van der Waals surface area contributed by atoms with E-state index in [4.69, 9.17) is 4.74 Å². The number of anilines is 1. The van der Waals surface area contributed by atoms with Gasteiger partial charge in [-0.1, -0.05) is 6.07 Å². The van der Waals surface area contributed by atoms with Gasteiger partial charge in [-0.2, -0.15) is 0 Å². The van der Waals surface area contributed by atoms with Crippen molar-refractivity contribution >= 4 is 44.9 Å². The molecule has 3 rings (SSSR count). The largest absolute Gasteiger partial charge is 0.453 e. The molecule has 6 nitrogen and oxygen atoms in total. The SMILES string of the molecule is CC(=O)CCC(=O)O[C@H](C)C(=O)Nc1ccc(-c2nc3ccc(C)cc3s2)cc1. The third kappa shape index (κ3) is 5.48. The van der Waals surface area contributed by atoms with Gasteiger partial charge in [-0.05, 0) is 62.7 Å². The summed E-state index contributed by atoms with van der Waals surface area (Å²) in [7, 11) is 0. The van der Waals surface area contributed by atoms with Gasteiger partial charge in [-0.25, -0.2) is 4.98 Å². The summed E-state index contributed by atoms with van der Waals surface area (Å²) < 4.78 is 6.20. The third-order valence-corrected chi connectivity index (χ3v) is 5.37. The summed E-state index contributed by atoms with van der Waals surface area (Å²) in [6.07, 6.45) is -0.856. The minimum atomic E-state index is -0.943. The number of fused-ring (bicyclic) bond motifs is 1. The number of nitrogens with one attached hydrogen (secondary N) is 1. The molecular weight excluding hydrogens is 388 g/mol. The minimum Gasteiger partial charge on any atom is -0.453 e.